The van der Waals surface area contributed by atoms with Crippen LogP contribution in [0.3, 0.4) is 0 Å². The van der Waals surface area contributed by atoms with Gasteiger partial charge in [-0.2, -0.15) is 0 Å². The highest BCUT2D eigenvalue weighted by atomic mass is 16.5. The third-order valence-electron chi connectivity index (χ3n) is 4.07. The van der Waals surface area contributed by atoms with Crippen molar-refractivity contribution in [1.82, 2.24) is 0 Å². The first-order chi connectivity index (χ1) is 11.7. The van der Waals surface area contributed by atoms with Gasteiger partial charge in [-0.1, -0.05) is 26.0 Å². The highest BCUT2D eigenvalue weighted by molar-refractivity contribution is 6.25. The summed E-state index contributed by atoms with van der Waals surface area (Å²) in [5, 5.41) is 20.3. The maximum Gasteiger partial charge on any atom is 0.305 e. The zero-order chi connectivity index (χ0) is 18.6. The molecule has 2 rings (SSSR count). The van der Waals surface area contributed by atoms with Crippen LogP contribution >= 0.6 is 0 Å². The first-order valence-electron chi connectivity index (χ1n) is 8.11. The van der Waals surface area contributed by atoms with E-state index in [0.29, 0.717) is 17.8 Å². The van der Waals surface area contributed by atoms with E-state index >= 15 is 0 Å². The predicted molar refractivity (Wildman–Crippen MR) is 94.1 cm³/mol. The highest BCUT2D eigenvalue weighted by Gasteiger charge is 2.36. The Morgan fingerprint density at radius 3 is 2.56 bits per heavy atom. The molecule has 0 spiro atoms. The van der Waals surface area contributed by atoms with Gasteiger partial charge in [-0.3, -0.25) is 9.59 Å². The van der Waals surface area contributed by atoms with E-state index < -0.39 is 5.97 Å². The number of Topliss-reactive ketones (excluding diaryl/α,β-unsaturated/α-hetero) is 1. The summed E-state index contributed by atoms with van der Waals surface area (Å²) in [5.41, 5.74) is 0.602. The molecule has 134 valence electrons. The second-order valence-electron chi connectivity index (χ2n) is 6.89. The number of benzene rings is 1. The molecular weight excluding hydrogens is 322 g/mol. The zero-order valence-corrected chi connectivity index (χ0v) is 14.7. The second kappa shape index (κ2) is 7.51. The number of carbonyl (C=O) groups is 2. The third kappa shape index (κ3) is 4.68. The first kappa shape index (κ1) is 18.7. The van der Waals surface area contributed by atoms with Crippen molar-refractivity contribution in [2.24, 2.45) is 10.4 Å². The molecule has 6 nitrogen and oxygen atoms in total. The molecule has 1 saturated carbocycles. The molecule has 0 amide bonds. The van der Waals surface area contributed by atoms with Crippen LogP contribution in [0.4, 0.5) is 5.69 Å². The summed E-state index contributed by atoms with van der Waals surface area (Å²) in [4.78, 5) is 28.3. The lowest BCUT2D eigenvalue weighted by molar-refractivity contribution is -0.140. The van der Waals surface area contributed by atoms with Crippen LogP contribution in [0, 0.1) is 5.41 Å². The van der Waals surface area contributed by atoms with E-state index in [9.17, 15) is 19.8 Å². The molecule has 0 atom stereocenters. The van der Waals surface area contributed by atoms with E-state index in [1.54, 1.807) is 18.2 Å². The molecule has 0 aliphatic heterocycles. The summed E-state index contributed by atoms with van der Waals surface area (Å²) in [5.74, 6) is -0.845. The van der Waals surface area contributed by atoms with Crippen LogP contribution in [0.1, 0.15) is 39.5 Å². The number of ether oxygens (including phenoxy) is 1. The van der Waals surface area contributed by atoms with Gasteiger partial charge in [0.25, 0.3) is 0 Å². The molecule has 1 aromatic carbocycles. The van der Waals surface area contributed by atoms with Crippen molar-refractivity contribution in [2.75, 3.05) is 7.11 Å². The minimum atomic E-state index is -0.463. The monoisotopic (exact) mass is 345 g/mol. The highest BCUT2D eigenvalue weighted by Crippen LogP contribution is 2.38. The maximum absolute atomic E-state index is 12.6. The Bertz CT molecular complexity index is 746. The number of phenolic OH excluding ortho intramolecular Hbond substituents is 1. The van der Waals surface area contributed by atoms with Crippen LogP contribution < -0.4 is 0 Å². The van der Waals surface area contributed by atoms with Gasteiger partial charge in [0.15, 0.2) is 5.78 Å². The van der Waals surface area contributed by atoms with E-state index in [0.717, 1.165) is 0 Å². The largest absolute Gasteiger partial charge is 0.511 e. The van der Waals surface area contributed by atoms with Gasteiger partial charge in [-0.25, -0.2) is 4.99 Å². The standard InChI is InChI=1S/C19H23NO5/c1-19(2)10-13(20-12-6-4-5-7-14(12)21)18(16(23)11-19)15(22)8-9-17(24)25-3/h4-7,21-22H,8-11H2,1-3H3/b18-15+,20-13?. The van der Waals surface area contributed by atoms with Crippen LogP contribution in [0.5, 0.6) is 5.75 Å². The van der Waals surface area contributed by atoms with Gasteiger partial charge in [-0.05, 0) is 24.0 Å². The number of aliphatic hydroxyl groups excluding tert-OH is 1. The molecule has 2 N–H and O–H groups in total. The predicted octanol–water partition coefficient (Wildman–Crippen LogP) is 3.62. The summed E-state index contributed by atoms with van der Waals surface area (Å²) in [6, 6.07) is 6.56. The minimum absolute atomic E-state index is 0.000714. The fraction of sp³-hybridized carbons (Fsp3) is 0.421. The zero-order valence-electron chi connectivity index (χ0n) is 14.7. The number of nitrogens with zero attached hydrogens (tertiary/aromatic N) is 1. The van der Waals surface area contributed by atoms with Crippen LogP contribution in [-0.4, -0.2) is 34.8 Å². The molecule has 25 heavy (non-hydrogen) atoms. The van der Waals surface area contributed by atoms with E-state index in [1.165, 1.54) is 13.2 Å². The van der Waals surface area contributed by atoms with Crippen molar-refractivity contribution in [2.45, 2.75) is 39.5 Å². The Balaban J connectivity index is 2.44. The van der Waals surface area contributed by atoms with Crippen LogP contribution in [-0.2, 0) is 14.3 Å². The first-order valence-corrected chi connectivity index (χ1v) is 8.11. The van der Waals surface area contributed by atoms with Crippen molar-refractivity contribution in [3.8, 4) is 5.75 Å². The molecule has 1 fully saturated rings. The van der Waals surface area contributed by atoms with Gasteiger partial charge in [0.2, 0.25) is 0 Å². The maximum atomic E-state index is 12.6. The smallest absolute Gasteiger partial charge is 0.305 e. The molecule has 1 aromatic rings. The number of carbonyl (C=O) groups excluding carboxylic acids is 2. The molecular formula is C19H23NO5. The normalized spacial score (nSPS) is 20.4. The number of aromatic hydroxyl groups is 1. The van der Waals surface area contributed by atoms with Crippen molar-refractivity contribution in [3.63, 3.8) is 0 Å². The fourth-order valence-electron chi connectivity index (χ4n) is 2.86. The molecule has 1 aliphatic carbocycles. The van der Waals surface area contributed by atoms with Crippen LogP contribution in [0.2, 0.25) is 0 Å². The van der Waals surface area contributed by atoms with Crippen molar-refractivity contribution in [3.05, 3.63) is 35.6 Å². The molecule has 1 aliphatic rings. The average Bonchev–Trinajstić information content (AvgIpc) is 2.53. The van der Waals surface area contributed by atoms with E-state index in [2.05, 4.69) is 9.73 Å². The van der Waals surface area contributed by atoms with Gasteiger partial charge in [0.1, 0.15) is 17.2 Å². The lowest BCUT2D eigenvalue weighted by Gasteiger charge is -2.31. The van der Waals surface area contributed by atoms with Gasteiger partial charge in [0.05, 0.1) is 24.8 Å². The molecule has 0 heterocycles. The van der Waals surface area contributed by atoms with Gasteiger partial charge >= 0.3 is 5.97 Å². The van der Waals surface area contributed by atoms with Crippen LogP contribution in [0.15, 0.2) is 40.6 Å². The van der Waals surface area contributed by atoms with Crippen molar-refractivity contribution >= 4 is 23.2 Å². The number of allylic oxidation sites excluding steroid dienone is 2. The van der Waals surface area contributed by atoms with Crippen molar-refractivity contribution in [1.29, 1.82) is 0 Å². The van der Waals surface area contributed by atoms with Gasteiger partial charge in [0, 0.05) is 12.8 Å². The third-order valence-corrected chi connectivity index (χ3v) is 4.07. The summed E-state index contributed by atoms with van der Waals surface area (Å²) in [7, 11) is 1.27. The number of phenols is 1. The van der Waals surface area contributed by atoms with Gasteiger partial charge in [-0.15, -0.1) is 0 Å². The number of aliphatic imine (C=N–C) groups is 1. The molecule has 0 radical (unpaired) electrons. The Labute approximate surface area is 146 Å². The summed E-state index contributed by atoms with van der Waals surface area (Å²) < 4.78 is 4.57. The Hall–Kier alpha value is -2.63. The number of rotatable bonds is 4. The van der Waals surface area contributed by atoms with E-state index in [1.807, 2.05) is 13.8 Å². The number of esters is 1. The number of hydrogen-bond donors (Lipinski definition) is 2. The number of para-hydroxylation sites is 2. The molecule has 0 bridgehead atoms. The fourth-order valence-corrected chi connectivity index (χ4v) is 2.86. The number of ketones is 1. The van der Waals surface area contributed by atoms with E-state index in [4.69, 9.17) is 0 Å². The SMILES string of the molecule is COC(=O)CC/C(O)=C1\C(=O)CC(C)(C)CC1=Nc1ccccc1O. The van der Waals surface area contributed by atoms with Gasteiger partial charge < -0.3 is 14.9 Å². The number of hydrogen-bond acceptors (Lipinski definition) is 6. The number of aliphatic hydroxyl groups is 1. The van der Waals surface area contributed by atoms with Crippen molar-refractivity contribution < 1.29 is 24.5 Å². The second-order valence-corrected chi connectivity index (χ2v) is 6.89. The average molecular weight is 345 g/mol. The summed E-state index contributed by atoms with van der Waals surface area (Å²) in [6.45, 7) is 3.90. The van der Waals surface area contributed by atoms with Crippen LogP contribution in [0.25, 0.3) is 0 Å². The Kier molecular flexibility index (Phi) is 5.62. The summed E-state index contributed by atoms with van der Waals surface area (Å²) >= 11 is 0. The minimum Gasteiger partial charge on any atom is -0.511 e. The Morgan fingerprint density at radius 1 is 1.24 bits per heavy atom. The Morgan fingerprint density at radius 2 is 1.92 bits per heavy atom. The molecule has 0 aromatic heterocycles. The molecule has 0 unspecified atom stereocenters. The quantitative estimate of drug-likeness (QED) is 0.493. The molecule has 0 saturated heterocycles. The lowest BCUT2D eigenvalue weighted by Crippen LogP contribution is -2.32. The summed E-state index contributed by atoms with van der Waals surface area (Å²) in [6.07, 6.45) is 0.745. The lowest BCUT2D eigenvalue weighted by atomic mass is 9.73. The number of methoxy groups -OCH3 is 1. The topological polar surface area (TPSA) is 96.2 Å². The van der Waals surface area contributed by atoms with E-state index in [-0.39, 0.29) is 47.5 Å². The molecule has 6 heteroatoms.